The number of ether oxygens (including phenoxy) is 2. The lowest BCUT2D eigenvalue weighted by Crippen LogP contribution is -2.19. The number of allylic oxidation sites excluding steroid dienone is 1. The van der Waals surface area contributed by atoms with Crippen molar-refractivity contribution in [3.05, 3.63) is 71.2 Å². The van der Waals surface area contributed by atoms with Gasteiger partial charge in [0.25, 0.3) is 0 Å². The molecule has 3 aromatic heterocycles. The lowest BCUT2D eigenvalue weighted by Gasteiger charge is -2.18. The summed E-state index contributed by atoms with van der Waals surface area (Å²) in [4.78, 5) is 14.3. The van der Waals surface area contributed by atoms with E-state index in [9.17, 15) is 5.11 Å². The first-order chi connectivity index (χ1) is 22.3. The van der Waals surface area contributed by atoms with E-state index < -0.39 is 5.79 Å². The zero-order valence-electron chi connectivity index (χ0n) is 29.0. The number of pyridine rings is 1. The summed E-state index contributed by atoms with van der Waals surface area (Å²) in [5, 5.41) is 33.8. The lowest BCUT2D eigenvalue weighted by molar-refractivity contribution is -0.127. The SMILES string of the molecule is C=CC.CC(C)(O)O.COCc1cc2cc(-c3c(C)nc(NCc4cc(C)cc(OC)c4)nc3NC3CCC(CO)C3)oc2c(C)n1. The van der Waals surface area contributed by atoms with Gasteiger partial charge >= 0.3 is 0 Å². The summed E-state index contributed by atoms with van der Waals surface area (Å²) < 4.78 is 17.1. The van der Waals surface area contributed by atoms with Crippen LogP contribution in [0, 0.1) is 26.7 Å². The van der Waals surface area contributed by atoms with Gasteiger partial charge in [-0.1, -0.05) is 12.1 Å². The van der Waals surface area contributed by atoms with Crippen molar-refractivity contribution < 1.29 is 29.2 Å². The van der Waals surface area contributed by atoms with Crippen molar-refractivity contribution in [2.45, 2.75) is 85.8 Å². The molecule has 256 valence electrons. The van der Waals surface area contributed by atoms with Crippen LogP contribution in [0.1, 0.15) is 68.2 Å². The van der Waals surface area contributed by atoms with Gasteiger partial charge in [0.1, 0.15) is 17.3 Å². The van der Waals surface area contributed by atoms with Gasteiger partial charge in [0.15, 0.2) is 11.4 Å². The highest BCUT2D eigenvalue weighted by Crippen LogP contribution is 2.37. The number of aromatic nitrogens is 3. The van der Waals surface area contributed by atoms with Crippen LogP contribution >= 0.6 is 0 Å². The first-order valence-corrected chi connectivity index (χ1v) is 15.8. The third kappa shape index (κ3) is 11.3. The molecule has 1 aromatic carbocycles. The Morgan fingerprint density at radius 2 is 1.72 bits per heavy atom. The van der Waals surface area contributed by atoms with Crippen LogP contribution in [0.4, 0.5) is 11.8 Å². The molecule has 0 aliphatic heterocycles. The maximum atomic E-state index is 9.67. The highest BCUT2D eigenvalue weighted by atomic mass is 16.5. The number of furan rings is 1. The van der Waals surface area contributed by atoms with Crippen LogP contribution in [0.25, 0.3) is 22.3 Å². The molecule has 1 aliphatic rings. The predicted molar refractivity (Wildman–Crippen MR) is 187 cm³/mol. The second kappa shape index (κ2) is 17.2. The summed E-state index contributed by atoms with van der Waals surface area (Å²) in [6.45, 7) is 15.0. The smallest absolute Gasteiger partial charge is 0.225 e. The van der Waals surface area contributed by atoms with Crippen molar-refractivity contribution in [1.82, 2.24) is 15.0 Å². The standard InChI is InChI=1S/C30H37N5O4.C3H8O2.C3H6/c1-17-8-21(11-25(9-17)38-5)14-31-30-33-18(2)27(29(35-30)34-23-7-6-20(10-23)15-36)26-13-22-12-24(16-37-4)32-19(3)28(22)39-26;1-3(2,4)5;1-3-2/h8-9,11-13,20,23,36H,6-7,10,14-16H2,1-5H3,(H2,31,33,34,35);4-5H,1-2H3;3H,1H2,2H3. The molecule has 3 heterocycles. The fraction of sp³-hybridized carbons (Fsp3) is 0.472. The third-order valence-electron chi connectivity index (χ3n) is 7.29. The van der Waals surface area contributed by atoms with Gasteiger partial charge in [-0.05, 0) is 102 Å². The van der Waals surface area contributed by atoms with Gasteiger partial charge in [0, 0.05) is 31.7 Å². The van der Waals surface area contributed by atoms with Crippen LogP contribution in [-0.4, -0.2) is 62.9 Å². The van der Waals surface area contributed by atoms with Crippen molar-refractivity contribution in [2.24, 2.45) is 5.92 Å². The molecular weight excluding hydrogens is 598 g/mol. The van der Waals surface area contributed by atoms with Crippen LogP contribution < -0.4 is 15.4 Å². The Morgan fingerprint density at radius 1 is 1.02 bits per heavy atom. The summed E-state index contributed by atoms with van der Waals surface area (Å²) in [5.41, 5.74) is 6.25. The maximum Gasteiger partial charge on any atom is 0.225 e. The van der Waals surface area contributed by atoms with E-state index in [0.717, 1.165) is 75.6 Å². The summed E-state index contributed by atoms with van der Waals surface area (Å²) in [6.07, 6.45) is 4.61. The summed E-state index contributed by atoms with van der Waals surface area (Å²) >= 11 is 0. The average Bonchev–Trinajstić information content (AvgIpc) is 3.62. The minimum atomic E-state index is -1.50. The largest absolute Gasteiger partial charge is 0.497 e. The zero-order chi connectivity index (χ0) is 34.7. The molecule has 4 aromatic rings. The van der Waals surface area contributed by atoms with Crippen LogP contribution in [0.3, 0.4) is 0 Å². The molecule has 1 aliphatic carbocycles. The number of hydrogen-bond acceptors (Lipinski definition) is 11. The van der Waals surface area contributed by atoms with Gasteiger partial charge < -0.3 is 39.8 Å². The summed E-state index contributed by atoms with van der Waals surface area (Å²) in [5.74, 6) is 1.58. The van der Waals surface area contributed by atoms with Crippen molar-refractivity contribution in [3.8, 4) is 17.1 Å². The Balaban J connectivity index is 0.000000676. The van der Waals surface area contributed by atoms with Gasteiger partial charge in [-0.3, -0.25) is 4.98 Å². The highest BCUT2D eigenvalue weighted by molar-refractivity contribution is 5.87. The molecule has 2 atom stereocenters. The Hall–Kier alpha value is -4.03. The minimum absolute atomic E-state index is 0.209. The Bertz CT molecular complexity index is 1610. The number of aliphatic hydroxyl groups is 3. The van der Waals surface area contributed by atoms with Crippen LogP contribution in [0.5, 0.6) is 5.75 Å². The van der Waals surface area contributed by atoms with Gasteiger partial charge in [0.05, 0.1) is 36.4 Å². The molecule has 2 unspecified atom stereocenters. The molecule has 47 heavy (non-hydrogen) atoms. The molecule has 1 fully saturated rings. The van der Waals surface area contributed by atoms with Crippen molar-refractivity contribution in [1.29, 1.82) is 0 Å². The zero-order valence-corrected chi connectivity index (χ0v) is 29.0. The van der Waals surface area contributed by atoms with E-state index in [2.05, 4.69) is 28.3 Å². The average molecular weight is 650 g/mol. The topological polar surface area (TPSA) is 155 Å². The number of nitrogens with zero attached hydrogens (tertiary/aromatic N) is 3. The molecule has 11 heteroatoms. The van der Waals surface area contributed by atoms with E-state index in [4.69, 9.17) is 34.1 Å². The van der Waals surface area contributed by atoms with Gasteiger partial charge in [0.2, 0.25) is 5.95 Å². The lowest BCUT2D eigenvalue weighted by atomic mass is 10.1. The summed E-state index contributed by atoms with van der Waals surface area (Å²) in [6, 6.07) is 10.4. The molecule has 5 rings (SSSR count). The number of aliphatic hydroxyl groups excluding tert-OH is 1. The first kappa shape index (κ1) is 37.4. The molecule has 0 radical (unpaired) electrons. The first-order valence-electron chi connectivity index (χ1n) is 15.8. The summed E-state index contributed by atoms with van der Waals surface area (Å²) in [7, 11) is 3.34. The molecular formula is C36H51N5O6. The molecule has 11 nitrogen and oxygen atoms in total. The number of anilines is 2. The molecule has 0 amide bonds. The van der Waals surface area contributed by atoms with Gasteiger partial charge in [-0.15, -0.1) is 6.58 Å². The van der Waals surface area contributed by atoms with E-state index >= 15 is 0 Å². The quantitative estimate of drug-likeness (QED) is 0.0951. The molecule has 0 spiro atoms. The van der Waals surface area contributed by atoms with Crippen LogP contribution in [0.15, 0.2) is 47.4 Å². The van der Waals surface area contributed by atoms with Gasteiger partial charge in [-0.2, -0.15) is 4.98 Å². The Labute approximate surface area is 278 Å². The normalized spacial score (nSPS) is 15.7. The number of hydrogen-bond donors (Lipinski definition) is 5. The molecule has 0 bridgehead atoms. The van der Waals surface area contributed by atoms with Crippen molar-refractivity contribution in [3.63, 3.8) is 0 Å². The fourth-order valence-electron chi connectivity index (χ4n) is 5.46. The molecule has 1 saturated carbocycles. The van der Waals surface area contributed by atoms with E-state index in [1.165, 1.54) is 13.8 Å². The van der Waals surface area contributed by atoms with E-state index in [1.807, 2.05) is 52.0 Å². The fourth-order valence-corrected chi connectivity index (χ4v) is 5.46. The van der Waals surface area contributed by atoms with Crippen molar-refractivity contribution in [2.75, 3.05) is 31.5 Å². The number of rotatable bonds is 10. The predicted octanol–water partition coefficient (Wildman–Crippen LogP) is 6.45. The third-order valence-corrected chi connectivity index (χ3v) is 7.29. The minimum Gasteiger partial charge on any atom is -0.497 e. The van der Waals surface area contributed by atoms with E-state index in [1.54, 1.807) is 20.3 Å². The maximum absolute atomic E-state index is 9.67. The monoisotopic (exact) mass is 649 g/mol. The molecule has 5 N–H and O–H groups in total. The van der Waals surface area contributed by atoms with E-state index in [-0.39, 0.29) is 12.6 Å². The molecule has 0 saturated heterocycles. The number of nitrogens with one attached hydrogen (secondary N) is 2. The number of fused-ring (bicyclic) bond motifs is 1. The number of benzene rings is 1. The number of methoxy groups -OCH3 is 2. The number of aryl methyl sites for hydroxylation is 3. The Morgan fingerprint density at radius 3 is 2.34 bits per heavy atom. The van der Waals surface area contributed by atoms with Gasteiger partial charge in [-0.25, -0.2) is 4.98 Å². The second-order valence-electron chi connectivity index (χ2n) is 12.3. The van der Waals surface area contributed by atoms with Crippen LogP contribution in [-0.2, 0) is 17.9 Å². The van der Waals surface area contributed by atoms with E-state index in [0.29, 0.717) is 30.8 Å². The second-order valence-corrected chi connectivity index (χ2v) is 12.3. The highest BCUT2D eigenvalue weighted by Gasteiger charge is 2.27. The van der Waals surface area contributed by atoms with Crippen LogP contribution in [0.2, 0.25) is 0 Å². The Kier molecular flexibility index (Phi) is 13.7. The van der Waals surface area contributed by atoms with Crippen molar-refractivity contribution >= 4 is 22.7 Å².